The highest BCUT2D eigenvalue weighted by atomic mass is 32.1. The number of allylic oxidation sites excluding steroid dienone is 1. The minimum Gasteiger partial charge on any atom is -0.457 e. The van der Waals surface area contributed by atoms with E-state index in [1.54, 1.807) is 32.2 Å². The SMILES string of the molecule is CC(=Cc1csc(C)n1)[C@@H]1CC=C(C(F)(F)F)C[C@@H]2C[C@H]2[C@H](C)[C@H](O)[C@@H](C)C(=O)C(C)(C)[C@@H](O)CC(=O)O1. The monoisotopic (exact) mass is 557 g/mol. The molecule has 1 aliphatic heterocycles. The molecule has 0 radical (unpaired) electrons. The van der Waals surface area contributed by atoms with Gasteiger partial charge in [0.1, 0.15) is 11.9 Å². The van der Waals surface area contributed by atoms with Crippen molar-refractivity contribution in [3.05, 3.63) is 33.3 Å². The summed E-state index contributed by atoms with van der Waals surface area (Å²) in [5.41, 5.74) is -0.909. The third-order valence-corrected chi connectivity index (χ3v) is 8.96. The van der Waals surface area contributed by atoms with Crippen LogP contribution in [0.15, 0.2) is 22.6 Å². The number of aryl methyl sites for hydroxylation is 1. The smallest absolute Gasteiger partial charge is 0.412 e. The number of esters is 1. The van der Waals surface area contributed by atoms with Crippen molar-refractivity contribution in [1.82, 2.24) is 4.98 Å². The fraction of sp³-hybridized carbons (Fsp3) is 0.679. The largest absolute Gasteiger partial charge is 0.457 e. The molecule has 1 fully saturated rings. The van der Waals surface area contributed by atoms with Gasteiger partial charge in [0.05, 0.1) is 34.7 Å². The van der Waals surface area contributed by atoms with Crippen LogP contribution < -0.4 is 0 Å². The van der Waals surface area contributed by atoms with Gasteiger partial charge < -0.3 is 14.9 Å². The molecule has 0 saturated heterocycles. The van der Waals surface area contributed by atoms with Gasteiger partial charge in [-0.1, -0.05) is 33.8 Å². The van der Waals surface area contributed by atoms with Gasteiger partial charge in [-0.3, -0.25) is 9.59 Å². The summed E-state index contributed by atoms with van der Waals surface area (Å²) in [4.78, 5) is 30.5. The number of cyclic esters (lactones) is 1. The van der Waals surface area contributed by atoms with E-state index in [-0.39, 0.29) is 24.7 Å². The molecule has 212 valence electrons. The van der Waals surface area contributed by atoms with Crippen LogP contribution in [0.1, 0.15) is 71.0 Å². The molecule has 0 spiro atoms. The van der Waals surface area contributed by atoms with Gasteiger partial charge in [-0.15, -0.1) is 11.3 Å². The number of fused-ring (bicyclic) bond motifs is 1. The van der Waals surface area contributed by atoms with E-state index in [0.717, 1.165) is 11.1 Å². The van der Waals surface area contributed by atoms with E-state index in [1.165, 1.54) is 25.2 Å². The maximum Gasteiger partial charge on any atom is 0.412 e. The average Bonchev–Trinajstić information content (AvgIpc) is 3.48. The molecule has 0 amide bonds. The molecule has 10 heteroatoms. The quantitative estimate of drug-likeness (QED) is 0.360. The summed E-state index contributed by atoms with van der Waals surface area (Å²) >= 11 is 1.42. The fourth-order valence-electron chi connectivity index (χ4n) is 5.33. The number of carbonyl (C=O) groups excluding carboxylic acids is 2. The van der Waals surface area contributed by atoms with E-state index < -0.39 is 65.5 Å². The van der Waals surface area contributed by atoms with Gasteiger partial charge >= 0.3 is 12.1 Å². The Labute approximate surface area is 226 Å². The van der Waals surface area contributed by atoms with Crippen LogP contribution in [0.2, 0.25) is 0 Å². The Morgan fingerprint density at radius 1 is 1.21 bits per heavy atom. The fourth-order valence-corrected chi connectivity index (χ4v) is 5.90. The molecule has 7 atom stereocenters. The summed E-state index contributed by atoms with van der Waals surface area (Å²) in [5.74, 6) is -2.91. The molecule has 1 aromatic heterocycles. The Hall–Kier alpha value is -2.04. The Balaban J connectivity index is 1.98. The first-order chi connectivity index (χ1) is 17.5. The second-order valence-electron chi connectivity index (χ2n) is 11.4. The van der Waals surface area contributed by atoms with Gasteiger partial charge in [-0.2, -0.15) is 13.2 Å². The predicted molar refractivity (Wildman–Crippen MR) is 139 cm³/mol. The number of Topliss-reactive ketones (excluding diaryl/α,β-unsaturated/α-hetero) is 1. The zero-order chi connectivity index (χ0) is 28.6. The van der Waals surface area contributed by atoms with Crippen LogP contribution in [0.5, 0.6) is 0 Å². The summed E-state index contributed by atoms with van der Waals surface area (Å²) in [5, 5.41) is 24.4. The summed E-state index contributed by atoms with van der Waals surface area (Å²) in [6.07, 6.45) is -5.66. The van der Waals surface area contributed by atoms with Crippen molar-refractivity contribution >= 4 is 29.2 Å². The molecule has 2 heterocycles. The lowest BCUT2D eigenvalue weighted by Gasteiger charge is -2.34. The van der Waals surface area contributed by atoms with Crippen LogP contribution in [0.3, 0.4) is 0 Å². The highest BCUT2D eigenvalue weighted by Crippen LogP contribution is 2.51. The Bertz CT molecular complexity index is 1090. The molecule has 2 N–H and O–H groups in total. The number of ether oxygens (including phenoxy) is 1. The van der Waals surface area contributed by atoms with Crippen LogP contribution in [0.4, 0.5) is 13.2 Å². The van der Waals surface area contributed by atoms with Crippen molar-refractivity contribution in [2.45, 2.75) is 91.7 Å². The first-order valence-electron chi connectivity index (χ1n) is 13.0. The number of thiazole rings is 1. The number of carbonyl (C=O) groups is 2. The second-order valence-corrected chi connectivity index (χ2v) is 12.5. The van der Waals surface area contributed by atoms with Gasteiger partial charge in [0, 0.05) is 23.3 Å². The maximum absolute atomic E-state index is 14.0. The first kappa shape index (κ1) is 30.5. The molecule has 38 heavy (non-hydrogen) atoms. The van der Waals surface area contributed by atoms with Crippen molar-refractivity contribution in [2.24, 2.45) is 29.1 Å². The van der Waals surface area contributed by atoms with E-state index in [9.17, 15) is 33.0 Å². The molecule has 3 rings (SSSR count). The van der Waals surface area contributed by atoms with E-state index in [0.29, 0.717) is 17.7 Å². The van der Waals surface area contributed by atoms with E-state index in [2.05, 4.69) is 4.98 Å². The average molecular weight is 558 g/mol. The topological polar surface area (TPSA) is 96.7 Å². The normalized spacial score (nSPS) is 33.8. The highest BCUT2D eigenvalue weighted by molar-refractivity contribution is 7.09. The van der Waals surface area contributed by atoms with E-state index in [4.69, 9.17) is 4.74 Å². The summed E-state index contributed by atoms with van der Waals surface area (Å²) in [6, 6.07) is 0. The molecule has 6 nitrogen and oxygen atoms in total. The standard InChI is InChI=1S/C28H38F3NO5S/c1-14(9-20-13-38-17(4)32-20)22-8-7-19(28(29,30)31)10-18-11-21(18)15(2)25(35)16(3)26(36)27(5,6)23(33)12-24(34)37-22/h7,9,13,15-16,18,21-23,25,33,35H,8,10-12H2,1-6H3/t15-,16+,18+,21-,22-,23-,25-/m0/s1. The van der Waals surface area contributed by atoms with Gasteiger partial charge in [0.15, 0.2) is 0 Å². The van der Waals surface area contributed by atoms with Crippen molar-refractivity contribution in [3.8, 4) is 0 Å². The Kier molecular flexibility index (Phi) is 9.31. The molecule has 2 aliphatic rings. The number of aliphatic hydroxyl groups is 2. The van der Waals surface area contributed by atoms with E-state index >= 15 is 0 Å². The number of hydrogen-bond donors (Lipinski definition) is 2. The third-order valence-electron chi connectivity index (χ3n) is 8.16. The van der Waals surface area contributed by atoms with Gasteiger partial charge in [-0.05, 0) is 56.1 Å². The number of hydrogen-bond acceptors (Lipinski definition) is 7. The molecular formula is C28H38F3NO5S. The maximum atomic E-state index is 14.0. The van der Waals surface area contributed by atoms with Crippen molar-refractivity contribution in [1.29, 1.82) is 0 Å². The van der Waals surface area contributed by atoms with Crippen LogP contribution >= 0.6 is 11.3 Å². The summed E-state index contributed by atoms with van der Waals surface area (Å²) < 4.78 is 47.5. The minimum atomic E-state index is -4.55. The second kappa shape index (κ2) is 11.6. The first-order valence-corrected chi connectivity index (χ1v) is 13.9. The molecule has 0 aromatic carbocycles. The number of halogens is 3. The Morgan fingerprint density at radius 3 is 2.45 bits per heavy atom. The molecule has 0 bridgehead atoms. The molecule has 0 unspecified atom stereocenters. The van der Waals surface area contributed by atoms with Crippen LogP contribution in [-0.4, -0.2) is 51.4 Å². The van der Waals surface area contributed by atoms with Gasteiger partial charge in [0.25, 0.3) is 0 Å². The summed E-state index contributed by atoms with van der Waals surface area (Å²) in [6.45, 7) is 9.86. The highest BCUT2D eigenvalue weighted by Gasteiger charge is 2.49. The lowest BCUT2D eigenvalue weighted by molar-refractivity contribution is -0.154. The number of aromatic nitrogens is 1. The molecule has 1 saturated carbocycles. The van der Waals surface area contributed by atoms with Crippen LogP contribution in [-0.2, 0) is 14.3 Å². The lowest BCUT2D eigenvalue weighted by Crippen LogP contribution is -2.46. The lowest BCUT2D eigenvalue weighted by atomic mass is 9.72. The number of alkyl halides is 3. The van der Waals surface area contributed by atoms with Gasteiger partial charge in [-0.25, -0.2) is 4.98 Å². The number of nitrogens with zero attached hydrogens (tertiary/aromatic N) is 1. The number of ketones is 1. The van der Waals surface area contributed by atoms with Crippen LogP contribution in [0.25, 0.3) is 6.08 Å². The predicted octanol–water partition coefficient (Wildman–Crippen LogP) is 5.66. The number of aliphatic hydroxyl groups excluding tert-OH is 2. The van der Waals surface area contributed by atoms with Crippen molar-refractivity contribution < 1.29 is 37.7 Å². The van der Waals surface area contributed by atoms with Gasteiger partial charge in [0.2, 0.25) is 0 Å². The Morgan fingerprint density at radius 2 is 1.87 bits per heavy atom. The summed E-state index contributed by atoms with van der Waals surface area (Å²) in [7, 11) is 0. The molecule has 1 aliphatic carbocycles. The van der Waals surface area contributed by atoms with Crippen molar-refractivity contribution in [3.63, 3.8) is 0 Å². The zero-order valence-corrected chi connectivity index (χ0v) is 23.5. The molecular weight excluding hydrogens is 519 g/mol. The minimum absolute atomic E-state index is 0.143. The van der Waals surface area contributed by atoms with Crippen molar-refractivity contribution in [2.75, 3.05) is 0 Å². The third kappa shape index (κ3) is 7.12. The number of rotatable bonds is 2. The zero-order valence-electron chi connectivity index (χ0n) is 22.7. The van der Waals surface area contributed by atoms with Crippen LogP contribution in [0, 0.1) is 36.0 Å². The molecule has 1 aromatic rings. The van der Waals surface area contributed by atoms with E-state index in [1.807, 2.05) is 6.92 Å².